The van der Waals surface area contributed by atoms with Crippen molar-refractivity contribution in [1.82, 2.24) is 0 Å². The Balaban J connectivity index is 0.000000260. The number of hydrogen-bond donors (Lipinski definition) is 0. The van der Waals surface area contributed by atoms with Crippen LogP contribution in [-0.4, -0.2) is 13.2 Å². The van der Waals surface area contributed by atoms with E-state index in [1.165, 1.54) is 11.1 Å². The lowest BCUT2D eigenvalue weighted by atomic mass is 10.1. The normalized spacial score (nSPS) is 10.5. The molecule has 144 valence electrons. The largest absolute Gasteiger partial charge is 0.494 e. The standard InChI is InChI=1S/2C12H18O/c1-10(2)8-9-13-12-6-4-11(3)5-7-12;1-10(2)7-8-13-12-6-4-5-11(3)9-12/h4-7,10H,8-9H2,1-3H3;4-6,9-10H,7-8H2,1-3H3. The van der Waals surface area contributed by atoms with E-state index >= 15 is 0 Å². The van der Waals surface area contributed by atoms with Crippen molar-refractivity contribution in [2.45, 2.75) is 54.4 Å². The summed E-state index contributed by atoms with van der Waals surface area (Å²) < 4.78 is 11.2. The summed E-state index contributed by atoms with van der Waals surface area (Å²) in [5.74, 6) is 3.39. The zero-order valence-corrected chi connectivity index (χ0v) is 17.4. The first-order valence-electron chi connectivity index (χ1n) is 9.75. The second-order valence-electron chi connectivity index (χ2n) is 7.69. The Labute approximate surface area is 160 Å². The first-order valence-corrected chi connectivity index (χ1v) is 9.75. The Bertz CT molecular complexity index is 600. The van der Waals surface area contributed by atoms with Crippen molar-refractivity contribution in [3.63, 3.8) is 0 Å². The van der Waals surface area contributed by atoms with Gasteiger partial charge in [-0.2, -0.15) is 0 Å². The maximum absolute atomic E-state index is 5.60. The summed E-state index contributed by atoms with van der Waals surface area (Å²) in [6, 6.07) is 16.4. The van der Waals surface area contributed by atoms with Gasteiger partial charge < -0.3 is 9.47 Å². The average Bonchev–Trinajstić information content (AvgIpc) is 2.57. The van der Waals surface area contributed by atoms with Crippen molar-refractivity contribution in [3.8, 4) is 11.5 Å². The Hall–Kier alpha value is -1.96. The summed E-state index contributed by atoms with van der Waals surface area (Å²) in [5, 5.41) is 0. The van der Waals surface area contributed by atoms with E-state index in [-0.39, 0.29) is 0 Å². The quantitative estimate of drug-likeness (QED) is 0.515. The summed E-state index contributed by atoms with van der Waals surface area (Å²) in [6.45, 7) is 14.6. The lowest BCUT2D eigenvalue weighted by molar-refractivity contribution is 0.289. The highest BCUT2D eigenvalue weighted by atomic mass is 16.5. The summed E-state index contributed by atoms with van der Waals surface area (Å²) in [5.41, 5.74) is 2.53. The van der Waals surface area contributed by atoms with Crippen LogP contribution in [0.15, 0.2) is 48.5 Å². The predicted molar refractivity (Wildman–Crippen MR) is 112 cm³/mol. The van der Waals surface area contributed by atoms with Gasteiger partial charge in [0.2, 0.25) is 0 Å². The van der Waals surface area contributed by atoms with Gasteiger partial charge in [-0.1, -0.05) is 57.5 Å². The van der Waals surface area contributed by atoms with Crippen LogP contribution in [0.1, 0.15) is 51.7 Å². The highest BCUT2D eigenvalue weighted by Gasteiger charge is 1.97. The Morgan fingerprint density at radius 3 is 1.69 bits per heavy atom. The number of rotatable bonds is 8. The molecule has 2 nitrogen and oxygen atoms in total. The maximum atomic E-state index is 5.60. The molecule has 2 aromatic rings. The minimum absolute atomic E-state index is 0.713. The molecule has 0 spiro atoms. The molecular weight excluding hydrogens is 320 g/mol. The first kappa shape index (κ1) is 22.1. The SMILES string of the molecule is Cc1ccc(OCCC(C)C)cc1.Cc1cccc(OCCC(C)C)c1. The minimum atomic E-state index is 0.713. The van der Waals surface area contributed by atoms with E-state index in [2.05, 4.69) is 65.8 Å². The highest BCUT2D eigenvalue weighted by Crippen LogP contribution is 2.13. The molecule has 0 aliphatic rings. The second kappa shape index (κ2) is 12.4. The van der Waals surface area contributed by atoms with Crippen molar-refractivity contribution in [2.75, 3.05) is 13.2 Å². The van der Waals surface area contributed by atoms with Gasteiger partial charge >= 0.3 is 0 Å². The van der Waals surface area contributed by atoms with Crippen LogP contribution in [0, 0.1) is 25.7 Å². The maximum Gasteiger partial charge on any atom is 0.119 e. The van der Waals surface area contributed by atoms with E-state index in [9.17, 15) is 0 Å². The van der Waals surface area contributed by atoms with Gasteiger partial charge in [-0.05, 0) is 68.4 Å². The van der Waals surface area contributed by atoms with Gasteiger partial charge in [-0.3, -0.25) is 0 Å². The van der Waals surface area contributed by atoms with Crippen molar-refractivity contribution in [3.05, 3.63) is 59.7 Å². The van der Waals surface area contributed by atoms with Crippen LogP contribution in [-0.2, 0) is 0 Å². The summed E-state index contributed by atoms with van der Waals surface area (Å²) in [6.07, 6.45) is 2.24. The second-order valence-corrected chi connectivity index (χ2v) is 7.69. The van der Waals surface area contributed by atoms with Gasteiger partial charge in [0.15, 0.2) is 0 Å². The lowest BCUT2D eigenvalue weighted by Crippen LogP contribution is -2.01. The van der Waals surface area contributed by atoms with Crippen molar-refractivity contribution in [2.24, 2.45) is 11.8 Å². The number of benzene rings is 2. The van der Waals surface area contributed by atoms with Crippen LogP contribution < -0.4 is 9.47 Å². The fourth-order valence-electron chi connectivity index (χ4n) is 2.16. The van der Waals surface area contributed by atoms with E-state index in [1.807, 2.05) is 24.3 Å². The zero-order valence-electron chi connectivity index (χ0n) is 17.4. The molecule has 0 aromatic heterocycles. The monoisotopic (exact) mass is 356 g/mol. The van der Waals surface area contributed by atoms with Gasteiger partial charge in [0.05, 0.1) is 13.2 Å². The van der Waals surface area contributed by atoms with Crippen molar-refractivity contribution in [1.29, 1.82) is 0 Å². The smallest absolute Gasteiger partial charge is 0.119 e. The molecule has 0 aliphatic carbocycles. The summed E-state index contributed by atoms with van der Waals surface area (Å²) in [7, 11) is 0. The van der Waals surface area contributed by atoms with Crippen LogP contribution in [0.5, 0.6) is 11.5 Å². The molecule has 0 radical (unpaired) electrons. The molecule has 2 heteroatoms. The van der Waals surface area contributed by atoms with E-state index in [4.69, 9.17) is 9.47 Å². The average molecular weight is 357 g/mol. The molecule has 0 saturated carbocycles. The Morgan fingerprint density at radius 2 is 1.19 bits per heavy atom. The van der Waals surface area contributed by atoms with E-state index in [0.717, 1.165) is 37.6 Å². The first-order chi connectivity index (χ1) is 12.4. The van der Waals surface area contributed by atoms with E-state index in [1.54, 1.807) is 0 Å². The molecule has 0 fully saturated rings. The molecule has 0 heterocycles. The molecule has 2 rings (SSSR count). The fourth-order valence-corrected chi connectivity index (χ4v) is 2.16. The predicted octanol–water partition coefficient (Wildman–Crippen LogP) is 6.84. The molecule has 0 unspecified atom stereocenters. The summed E-state index contributed by atoms with van der Waals surface area (Å²) >= 11 is 0. The topological polar surface area (TPSA) is 18.5 Å². The third-order valence-corrected chi connectivity index (χ3v) is 3.94. The number of hydrogen-bond acceptors (Lipinski definition) is 2. The molecule has 0 atom stereocenters. The highest BCUT2D eigenvalue weighted by molar-refractivity contribution is 5.27. The molecule has 2 aromatic carbocycles. The molecule has 0 bridgehead atoms. The van der Waals surface area contributed by atoms with Gasteiger partial charge in [-0.25, -0.2) is 0 Å². The third-order valence-electron chi connectivity index (χ3n) is 3.94. The van der Waals surface area contributed by atoms with Gasteiger partial charge in [-0.15, -0.1) is 0 Å². The van der Waals surface area contributed by atoms with Crippen LogP contribution in [0.2, 0.25) is 0 Å². The number of aryl methyl sites for hydroxylation is 2. The fraction of sp³-hybridized carbons (Fsp3) is 0.500. The third kappa shape index (κ3) is 10.8. The van der Waals surface area contributed by atoms with Crippen LogP contribution >= 0.6 is 0 Å². The van der Waals surface area contributed by atoms with E-state index in [0.29, 0.717) is 11.8 Å². The molecule has 0 N–H and O–H groups in total. The lowest BCUT2D eigenvalue weighted by Gasteiger charge is -2.08. The Morgan fingerprint density at radius 1 is 0.654 bits per heavy atom. The van der Waals surface area contributed by atoms with Gasteiger partial charge in [0.25, 0.3) is 0 Å². The molecule has 0 aliphatic heterocycles. The van der Waals surface area contributed by atoms with Crippen molar-refractivity contribution < 1.29 is 9.47 Å². The zero-order chi connectivity index (χ0) is 19.4. The Kier molecular flexibility index (Phi) is 10.5. The van der Waals surface area contributed by atoms with Crippen LogP contribution in [0.3, 0.4) is 0 Å². The van der Waals surface area contributed by atoms with Crippen molar-refractivity contribution >= 4 is 0 Å². The number of ether oxygens (including phenoxy) is 2. The van der Waals surface area contributed by atoms with Crippen LogP contribution in [0.4, 0.5) is 0 Å². The molecular formula is C24H36O2. The van der Waals surface area contributed by atoms with Crippen LogP contribution in [0.25, 0.3) is 0 Å². The van der Waals surface area contributed by atoms with E-state index < -0.39 is 0 Å². The molecule has 26 heavy (non-hydrogen) atoms. The van der Waals surface area contributed by atoms with Gasteiger partial charge in [0.1, 0.15) is 11.5 Å². The van der Waals surface area contributed by atoms with Gasteiger partial charge in [0, 0.05) is 0 Å². The minimum Gasteiger partial charge on any atom is -0.494 e. The summed E-state index contributed by atoms with van der Waals surface area (Å²) in [4.78, 5) is 0. The molecule has 0 saturated heterocycles. The molecule has 0 amide bonds.